The molecule has 2 amide bonds. The molecule has 2 aliphatic rings. The number of nitrogens with zero attached hydrogens (tertiary/aromatic N) is 1. The molecule has 0 radical (unpaired) electrons. The molecule has 6 nitrogen and oxygen atoms in total. The van der Waals surface area contributed by atoms with Crippen LogP contribution in [0, 0.1) is 17.8 Å². The molecule has 1 aromatic rings. The Morgan fingerprint density at radius 1 is 1.14 bits per heavy atom. The normalized spacial score (nSPS) is 22.2. The van der Waals surface area contributed by atoms with Crippen LogP contribution in [0.15, 0.2) is 18.2 Å². The van der Waals surface area contributed by atoms with Gasteiger partial charge >= 0.3 is 0 Å². The molecule has 160 valence electrons. The van der Waals surface area contributed by atoms with Crippen LogP contribution in [0.1, 0.15) is 51.0 Å². The molecule has 0 unspecified atom stereocenters. The van der Waals surface area contributed by atoms with Crippen LogP contribution in [0.4, 0.5) is 0 Å². The second-order valence-electron chi connectivity index (χ2n) is 8.68. The highest BCUT2D eigenvalue weighted by Crippen LogP contribution is 2.40. The molecular weight excluding hydrogens is 368 g/mol. The van der Waals surface area contributed by atoms with Gasteiger partial charge in [0.15, 0.2) is 0 Å². The van der Waals surface area contributed by atoms with E-state index in [0.717, 1.165) is 42.7 Å². The minimum Gasteiger partial charge on any atom is -0.497 e. The van der Waals surface area contributed by atoms with Gasteiger partial charge in [0.2, 0.25) is 11.8 Å². The molecule has 0 bridgehead atoms. The van der Waals surface area contributed by atoms with E-state index in [4.69, 9.17) is 9.47 Å². The Hall–Kier alpha value is -2.24. The van der Waals surface area contributed by atoms with Crippen molar-refractivity contribution in [1.29, 1.82) is 0 Å². The van der Waals surface area contributed by atoms with Crippen LogP contribution in [0.3, 0.4) is 0 Å². The maximum atomic E-state index is 13.1. The van der Waals surface area contributed by atoms with E-state index in [1.54, 1.807) is 14.2 Å². The van der Waals surface area contributed by atoms with E-state index in [1.165, 1.54) is 0 Å². The molecule has 29 heavy (non-hydrogen) atoms. The fourth-order valence-corrected chi connectivity index (χ4v) is 4.56. The fourth-order valence-electron chi connectivity index (χ4n) is 4.56. The van der Waals surface area contributed by atoms with Crippen molar-refractivity contribution in [2.24, 2.45) is 17.8 Å². The van der Waals surface area contributed by atoms with Crippen LogP contribution in [-0.4, -0.2) is 50.6 Å². The summed E-state index contributed by atoms with van der Waals surface area (Å²) in [6.45, 7) is 5.79. The maximum absolute atomic E-state index is 13.1. The van der Waals surface area contributed by atoms with Crippen molar-refractivity contribution in [3.63, 3.8) is 0 Å². The van der Waals surface area contributed by atoms with E-state index in [1.807, 2.05) is 23.1 Å². The van der Waals surface area contributed by atoms with Crippen LogP contribution in [-0.2, 0) is 9.59 Å². The molecule has 2 atom stereocenters. The van der Waals surface area contributed by atoms with Gasteiger partial charge in [-0.15, -0.1) is 0 Å². The van der Waals surface area contributed by atoms with Gasteiger partial charge < -0.3 is 19.7 Å². The van der Waals surface area contributed by atoms with Crippen molar-refractivity contribution in [2.45, 2.75) is 45.4 Å². The number of carbonyl (C=O) groups excluding carboxylic acids is 2. The van der Waals surface area contributed by atoms with Crippen molar-refractivity contribution in [1.82, 2.24) is 10.2 Å². The summed E-state index contributed by atoms with van der Waals surface area (Å²) in [5.41, 5.74) is 0.929. The van der Waals surface area contributed by atoms with Gasteiger partial charge in [-0.1, -0.05) is 26.7 Å². The predicted molar refractivity (Wildman–Crippen MR) is 112 cm³/mol. The maximum Gasteiger partial charge on any atom is 0.225 e. The molecule has 0 aromatic heterocycles. The van der Waals surface area contributed by atoms with Crippen molar-refractivity contribution < 1.29 is 19.1 Å². The predicted octanol–water partition coefficient (Wildman–Crippen LogP) is 3.21. The summed E-state index contributed by atoms with van der Waals surface area (Å²) in [7, 11) is 3.26. The first-order valence-electron chi connectivity index (χ1n) is 10.7. The molecular formula is C23H34N2O4. The zero-order valence-electron chi connectivity index (χ0n) is 18.1. The molecule has 1 saturated heterocycles. The molecule has 1 saturated carbocycles. The number of likely N-dealkylation sites (tertiary alicyclic amines) is 1. The summed E-state index contributed by atoms with van der Waals surface area (Å²) in [4.78, 5) is 28.0. The number of ether oxygens (including phenoxy) is 2. The lowest BCUT2D eigenvalue weighted by Gasteiger charge is -2.21. The summed E-state index contributed by atoms with van der Waals surface area (Å²) in [5, 5.41) is 3.07. The fraction of sp³-hybridized carbons (Fsp3) is 0.652. The summed E-state index contributed by atoms with van der Waals surface area (Å²) in [5.74, 6) is 1.75. The highest BCUT2D eigenvalue weighted by Gasteiger charge is 2.43. The zero-order valence-corrected chi connectivity index (χ0v) is 18.1. The molecule has 1 N–H and O–H groups in total. The van der Waals surface area contributed by atoms with E-state index in [9.17, 15) is 9.59 Å². The number of amides is 2. The molecule has 1 heterocycles. The molecule has 1 aliphatic heterocycles. The van der Waals surface area contributed by atoms with Crippen LogP contribution in [0.25, 0.3) is 0 Å². The first kappa shape index (κ1) is 21.5. The average Bonchev–Trinajstić information content (AvgIpc) is 3.41. The largest absolute Gasteiger partial charge is 0.497 e. The van der Waals surface area contributed by atoms with E-state index in [2.05, 4.69) is 19.2 Å². The minimum absolute atomic E-state index is 0.00953. The minimum atomic E-state index is -0.292. The van der Waals surface area contributed by atoms with E-state index >= 15 is 0 Å². The summed E-state index contributed by atoms with van der Waals surface area (Å²) < 4.78 is 11.0. The van der Waals surface area contributed by atoms with Crippen molar-refractivity contribution in [3.05, 3.63) is 23.8 Å². The van der Waals surface area contributed by atoms with Gasteiger partial charge in [-0.25, -0.2) is 0 Å². The Kier molecular flexibility index (Phi) is 7.04. The van der Waals surface area contributed by atoms with Crippen LogP contribution < -0.4 is 14.8 Å². The molecule has 3 rings (SSSR count). The van der Waals surface area contributed by atoms with Gasteiger partial charge in [0, 0.05) is 37.0 Å². The number of hydrogen-bond acceptors (Lipinski definition) is 4. The number of carbonyl (C=O) groups is 2. The Labute approximate surface area is 173 Å². The van der Waals surface area contributed by atoms with E-state index in [-0.39, 0.29) is 29.6 Å². The van der Waals surface area contributed by atoms with Crippen LogP contribution >= 0.6 is 0 Å². The lowest BCUT2D eigenvalue weighted by molar-refractivity contribution is -0.134. The summed E-state index contributed by atoms with van der Waals surface area (Å²) >= 11 is 0. The van der Waals surface area contributed by atoms with Crippen molar-refractivity contribution >= 4 is 11.8 Å². The lowest BCUT2D eigenvalue weighted by Crippen LogP contribution is -2.38. The third kappa shape index (κ3) is 4.85. The van der Waals surface area contributed by atoms with Crippen molar-refractivity contribution in [2.75, 3.05) is 33.9 Å². The van der Waals surface area contributed by atoms with Crippen LogP contribution in [0.5, 0.6) is 11.5 Å². The third-order valence-electron chi connectivity index (χ3n) is 6.19. The Balaban J connectivity index is 1.88. The smallest absolute Gasteiger partial charge is 0.225 e. The number of nitrogens with one attached hydrogen (secondary N) is 1. The topological polar surface area (TPSA) is 67.9 Å². The average molecular weight is 403 g/mol. The quantitative estimate of drug-likeness (QED) is 0.760. The third-order valence-corrected chi connectivity index (χ3v) is 6.19. The number of hydrogen-bond donors (Lipinski definition) is 1. The summed E-state index contributed by atoms with van der Waals surface area (Å²) in [6, 6.07) is 5.67. The standard InChI is InChI=1S/C23H34N2O4/c1-15(2)12-24-22(26)20-14-25(23(27)16-7-5-6-8-16)13-19(20)18-11-17(28-3)9-10-21(18)29-4/h9-11,15-16,19-20H,5-8,12-14H2,1-4H3,(H,24,26)/t19-,20-/m0/s1. The van der Waals surface area contributed by atoms with Gasteiger partial charge in [0.25, 0.3) is 0 Å². The van der Waals surface area contributed by atoms with Crippen LogP contribution in [0.2, 0.25) is 0 Å². The first-order chi connectivity index (χ1) is 13.9. The molecule has 6 heteroatoms. The van der Waals surface area contributed by atoms with Gasteiger partial charge in [-0.3, -0.25) is 9.59 Å². The number of methoxy groups -OCH3 is 2. The SMILES string of the molecule is COc1ccc(OC)c([C@@H]2CN(C(=O)C3CCCC3)C[C@@H]2C(=O)NCC(C)C)c1. The van der Waals surface area contributed by atoms with E-state index < -0.39 is 0 Å². The number of benzene rings is 1. The molecule has 1 aliphatic carbocycles. The molecule has 1 aromatic carbocycles. The second-order valence-corrected chi connectivity index (χ2v) is 8.68. The first-order valence-corrected chi connectivity index (χ1v) is 10.7. The molecule has 0 spiro atoms. The molecule has 2 fully saturated rings. The van der Waals surface area contributed by atoms with Gasteiger partial charge in [0.1, 0.15) is 11.5 Å². The monoisotopic (exact) mass is 402 g/mol. The highest BCUT2D eigenvalue weighted by molar-refractivity contribution is 5.84. The van der Waals surface area contributed by atoms with Gasteiger partial charge in [-0.05, 0) is 37.0 Å². The zero-order chi connectivity index (χ0) is 21.0. The van der Waals surface area contributed by atoms with E-state index in [0.29, 0.717) is 25.6 Å². The number of rotatable bonds is 7. The summed E-state index contributed by atoms with van der Waals surface area (Å²) in [6.07, 6.45) is 4.17. The highest BCUT2D eigenvalue weighted by atomic mass is 16.5. The lowest BCUT2D eigenvalue weighted by atomic mass is 9.87. The van der Waals surface area contributed by atoms with Gasteiger partial charge in [0.05, 0.1) is 20.1 Å². The Morgan fingerprint density at radius 3 is 2.48 bits per heavy atom. The Morgan fingerprint density at radius 2 is 1.86 bits per heavy atom. The second kappa shape index (κ2) is 9.51. The Bertz CT molecular complexity index is 728. The van der Waals surface area contributed by atoms with Crippen molar-refractivity contribution in [3.8, 4) is 11.5 Å². The van der Waals surface area contributed by atoms with Gasteiger partial charge in [-0.2, -0.15) is 0 Å².